The average molecular weight is 474 g/mol. The molecular weight excluding hydrogens is 446 g/mol. The summed E-state index contributed by atoms with van der Waals surface area (Å²) >= 11 is 0. The molecule has 0 radical (unpaired) electrons. The van der Waals surface area contributed by atoms with Gasteiger partial charge in [-0.05, 0) is 37.1 Å². The van der Waals surface area contributed by atoms with Gasteiger partial charge in [0.15, 0.2) is 17.2 Å². The molecule has 0 aromatic carbocycles. The number of carbonyl (C=O) groups excluding carboxylic acids is 1. The second kappa shape index (κ2) is 9.96. The third-order valence-corrected chi connectivity index (χ3v) is 6.08. The van der Waals surface area contributed by atoms with Crippen LogP contribution < -0.4 is 20.1 Å². The maximum absolute atomic E-state index is 12.3. The van der Waals surface area contributed by atoms with Crippen molar-refractivity contribution in [3.8, 4) is 22.9 Å². The SMILES string of the molecule is COc1cc(-c2ccn3nc(Nc4cccc(CNC(=O)C5CCCC5)n4)cc3n2)cnc1OC. The van der Waals surface area contributed by atoms with E-state index in [-0.39, 0.29) is 11.8 Å². The summed E-state index contributed by atoms with van der Waals surface area (Å²) in [7, 11) is 3.12. The van der Waals surface area contributed by atoms with Gasteiger partial charge in [0.1, 0.15) is 5.82 Å². The summed E-state index contributed by atoms with van der Waals surface area (Å²) in [5.41, 5.74) is 2.98. The average Bonchev–Trinajstić information content (AvgIpc) is 3.56. The molecule has 4 aromatic heterocycles. The monoisotopic (exact) mass is 473 g/mol. The van der Waals surface area contributed by atoms with E-state index in [0.717, 1.165) is 42.6 Å². The molecule has 0 aliphatic heterocycles. The molecule has 10 heteroatoms. The van der Waals surface area contributed by atoms with Crippen molar-refractivity contribution >= 4 is 23.2 Å². The van der Waals surface area contributed by atoms with E-state index in [1.807, 2.05) is 42.6 Å². The fourth-order valence-electron chi connectivity index (χ4n) is 4.26. The first-order chi connectivity index (χ1) is 17.1. The van der Waals surface area contributed by atoms with Crippen molar-refractivity contribution in [2.45, 2.75) is 32.2 Å². The summed E-state index contributed by atoms with van der Waals surface area (Å²) in [4.78, 5) is 25.9. The number of hydrogen-bond acceptors (Lipinski definition) is 8. The van der Waals surface area contributed by atoms with Gasteiger partial charge >= 0.3 is 0 Å². The summed E-state index contributed by atoms with van der Waals surface area (Å²) in [6.45, 7) is 0.403. The number of fused-ring (bicyclic) bond motifs is 1. The smallest absolute Gasteiger partial charge is 0.256 e. The fourth-order valence-corrected chi connectivity index (χ4v) is 4.26. The molecular formula is C25H27N7O3. The van der Waals surface area contributed by atoms with Crippen molar-refractivity contribution in [3.63, 3.8) is 0 Å². The van der Waals surface area contributed by atoms with Crippen LogP contribution in [0.15, 0.2) is 48.8 Å². The van der Waals surface area contributed by atoms with Gasteiger partial charge in [-0.2, -0.15) is 0 Å². The van der Waals surface area contributed by atoms with Crippen LogP contribution in [0, 0.1) is 5.92 Å². The number of amides is 1. The van der Waals surface area contributed by atoms with Crippen LogP contribution in [-0.2, 0) is 11.3 Å². The molecule has 10 nitrogen and oxygen atoms in total. The molecule has 4 heterocycles. The molecule has 2 N–H and O–H groups in total. The molecule has 1 saturated carbocycles. The third-order valence-electron chi connectivity index (χ3n) is 6.08. The van der Waals surface area contributed by atoms with Crippen molar-refractivity contribution in [3.05, 3.63) is 54.5 Å². The van der Waals surface area contributed by atoms with Gasteiger partial charge in [0, 0.05) is 29.9 Å². The van der Waals surface area contributed by atoms with E-state index in [4.69, 9.17) is 14.5 Å². The van der Waals surface area contributed by atoms with Crippen molar-refractivity contribution in [2.75, 3.05) is 19.5 Å². The lowest BCUT2D eigenvalue weighted by molar-refractivity contribution is -0.124. The molecule has 4 aromatic rings. The molecule has 180 valence electrons. The predicted octanol–water partition coefficient (Wildman–Crippen LogP) is 3.75. The minimum absolute atomic E-state index is 0.120. The summed E-state index contributed by atoms with van der Waals surface area (Å²) in [6.07, 6.45) is 7.76. The number of nitrogens with zero attached hydrogens (tertiary/aromatic N) is 5. The van der Waals surface area contributed by atoms with Crippen LogP contribution in [0.25, 0.3) is 16.9 Å². The lowest BCUT2D eigenvalue weighted by atomic mass is 10.1. The van der Waals surface area contributed by atoms with Gasteiger partial charge in [0.2, 0.25) is 5.91 Å². The van der Waals surface area contributed by atoms with Crippen LogP contribution in [0.5, 0.6) is 11.6 Å². The van der Waals surface area contributed by atoms with Crippen LogP contribution in [-0.4, -0.2) is 44.7 Å². The van der Waals surface area contributed by atoms with E-state index in [9.17, 15) is 4.79 Å². The first-order valence-electron chi connectivity index (χ1n) is 11.6. The third kappa shape index (κ3) is 5.01. The number of rotatable bonds is 8. The first-order valence-corrected chi connectivity index (χ1v) is 11.6. The Hall–Kier alpha value is -4.21. The van der Waals surface area contributed by atoms with Crippen LogP contribution in [0.1, 0.15) is 31.4 Å². The van der Waals surface area contributed by atoms with E-state index >= 15 is 0 Å². The molecule has 0 bridgehead atoms. The Labute approximate surface area is 202 Å². The van der Waals surface area contributed by atoms with E-state index in [0.29, 0.717) is 35.5 Å². The van der Waals surface area contributed by atoms with Gasteiger partial charge in [-0.25, -0.2) is 19.5 Å². The van der Waals surface area contributed by atoms with Gasteiger partial charge < -0.3 is 20.1 Å². The highest BCUT2D eigenvalue weighted by atomic mass is 16.5. The Bertz CT molecular complexity index is 1350. The molecule has 0 atom stereocenters. The number of carbonyl (C=O) groups is 1. The molecule has 0 saturated heterocycles. The predicted molar refractivity (Wildman–Crippen MR) is 131 cm³/mol. The normalized spacial score (nSPS) is 13.7. The summed E-state index contributed by atoms with van der Waals surface area (Å²) in [5, 5.41) is 10.8. The molecule has 1 amide bonds. The largest absolute Gasteiger partial charge is 0.491 e. The lowest BCUT2D eigenvalue weighted by Gasteiger charge is -2.10. The number of pyridine rings is 2. The zero-order chi connectivity index (χ0) is 24.2. The molecule has 1 aliphatic rings. The van der Waals surface area contributed by atoms with Crippen molar-refractivity contribution < 1.29 is 14.3 Å². The zero-order valence-corrected chi connectivity index (χ0v) is 19.7. The number of anilines is 2. The number of aromatic nitrogens is 5. The van der Waals surface area contributed by atoms with Crippen LogP contribution in [0.3, 0.4) is 0 Å². The van der Waals surface area contributed by atoms with E-state index in [1.54, 1.807) is 24.9 Å². The van der Waals surface area contributed by atoms with Crippen molar-refractivity contribution in [1.82, 2.24) is 29.9 Å². The highest BCUT2D eigenvalue weighted by molar-refractivity contribution is 5.78. The summed E-state index contributed by atoms with van der Waals surface area (Å²) < 4.78 is 12.2. The topological polar surface area (TPSA) is 116 Å². The van der Waals surface area contributed by atoms with Crippen LogP contribution in [0.2, 0.25) is 0 Å². The quantitative estimate of drug-likeness (QED) is 0.398. The van der Waals surface area contributed by atoms with E-state index < -0.39 is 0 Å². The zero-order valence-electron chi connectivity index (χ0n) is 19.7. The maximum atomic E-state index is 12.3. The second-order valence-electron chi connectivity index (χ2n) is 8.42. The Morgan fingerprint density at radius 1 is 1.09 bits per heavy atom. The number of methoxy groups -OCH3 is 2. The highest BCUT2D eigenvalue weighted by Gasteiger charge is 2.22. The lowest BCUT2D eigenvalue weighted by Crippen LogP contribution is -2.29. The molecule has 1 aliphatic carbocycles. The molecule has 0 unspecified atom stereocenters. The van der Waals surface area contributed by atoms with E-state index in [2.05, 4.69) is 25.7 Å². The summed E-state index contributed by atoms with van der Waals surface area (Å²) in [6, 6.07) is 11.2. The van der Waals surface area contributed by atoms with Crippen molar-refractivity contribution in [2.24, 2.45) is 5.92 Å². The standard InChI is InChI=1S/C25H27N7O3/c1-34-20-12-17(14-27-25(20)35-2)19-10-11-32-23(29-19)13-22(31-32)30-21-9-5-8-18(28-21)15-26-24(33)16-6-3-4-7-16/h5,8-14,16H,3-4,6-7,15H2,1-2H3,(H,26,33)(H,28,30,31). The van der Waals surface area contributed by atoms with Gasteiger partial charge in [-0.1, -0.05) is 18.9 Å². The van der Waals surface area contributed by atoms with Crippen molar-refractivity contribution in [1.29, 1.82) is 0 Å². The fraction of sp³-hybridized carbons (Fsp3) is 0.320. The molecule has 5 rings (SSSR count). The number of ether oxygens (including phenoxy) is 2. The Kier molecular flexibility index (Phi) is 6.42. The second-order valence-corrected chi connectivity index (χ2v) is 8.42. The van der Waals surface area contributed by atoms with Gasteiger partial charge in [-0.15, -0.1) is 5.10 Å². The minimum Gasteiger partial charge on any atom is -0.491 e. The number of hydrogen-bond donors (Lipinski definition) is 2. The van der Waals surface area contributed by atoms with Crippen LogP contribution >= 0.6 is 0 Å². The highest BCUT2D eigenvalue weighted by Crippen LogP contribution is 2.29. The van der Waals surface area contributed by atoms with Crippen LogP contribution in [0.4, 0.5) is 11.6 Å². The van der Waals surface area contributed by atoms with Gasteiger partial charge in [0.25, 0.3) is 5.88 Å². The maximum Gasteiger partial charge on any atom is 0.256 e. The Balaban J connectivity index is 1.29. The summed E-state index contributed by atoms with van der Waals surface area (Å²) in [5.74, 6) is 2.47. The first kappa shape index (κ1) is 22.6. The number of nitrogens with one attached hydrogen (secondary N) is 2. The van der Waals surface area contributed by atoms with Gasteiger partial charge in [0.05, 0.1) is 32.2 Å². The Morgan fingerprint density at radius 2 is 1.94 bits per heavy atom. The Morgan fingerprint density at radius 3 is 2.74 bits per heavy atom. The van der Waals surface area contributed by atoms with Gasteiger partial charge in [-0.3, -0.25) is 4.79 Å². The molecule has 1 fully saturated rings. The minimum atomic E-state index is 0.120. The van der Waals surface area contributed by atoms with E-state index in [1.165, 1.54) is 0 Å². The molecule has 35 heavy (non-hydrogen) atoms. The molecule has 0 spiro atoms.